The van der Waals surface area contributed by atoms with Crippen LogP contribution in [0.2, 0.25) is 0 Å². The topological polar surface area (TPSA) is 17.1 Å². The maximum atomic E-state index is 13.3. The van der Waals surface area contributed by atoms with Gasteiger partial charge in [-0.15, -0.1) is 0 Å². The van der Waals surface area contributed by atoms with Gasteiger partial charge in [-0.1, -0.05) is 12.1 Å². The van der Waals surface area contributed by atoms with Gasteiger partial charge >= 0.3 is 6.18 Å². The van der Waals surface area contributed by atoms with Gasteiger partial charge in [-0.25, -0.2) is 4.39 Å². The summed E-state index contributed by atoms with van der Waals surface area (Å²) in [5, 5.41) is 0. The zero-order valence-corrected chi connectivity index (χ0v) is 11.4. The molecule has 0 atom stereocenters. The van der Waals surface area contributed by atoms with Gasteiger partial charge in [0.25, 0.3) is 0 Å². The fourth-order valence-corrected chi connectivity index (χ4v) is 1.86. The molecule has 6 heteroatoms. The van der Waals surface area contributed by atoms with E-state index in [9.17, 15) is 22.4 Å². The van der Waals surface area contributed by atoms with Gasteiger partial charge in [-0.3, -0.25) is 4.79 Å². The van der Waals surface area contributed by atoms with Gasteiger partial charge in [0.1, 0.15) is 5.82 Å². The molecule has 0 aliphatic carbocycles. The van der Waals surface area contributed by atoms with Gasteiger partial charge in [0, 0.05) is 11.1 Å². The second-order valence-corrected chi connectivity index (χ2v) is 4.89. The second kappa shape index (κ2) is 5.36. The van der Waals surface area contributed by atoms with Crippen LogP contribution in [0.15, 0.2) is 46.9 Å². The van der Waals surface area contributed by atoms with Gasteiger partial charge in [0.2, 0.25) is 0 Å². The zero-order chi connectivity index (χ0) is 14.9. The molecular formula is C14H7BrF4O. The van der Waals surface area contributed by atoms with Gasteiger partial charge in [0.05, 0.1) is 10.0 Å². The average Bonchev–Trinajstić information content (AvgIpc) is 2.40. The number of carbonyl (C=O) groups is 1. The summed E-state index contributed by atoms with van der Waals surface area (Å²) in [6.07, 6.45) is -4.45. The van der Waals surface area contributed by atoms with E-state index in [0.717, 1.165) is 30.3 Å². The summed E-state index contributed by atoms with van der Waals surface area (Å²) in [4.78, 5) is 12.0. The summed E-state index contributed by atoms with van der Waals surface area (Å²) in [5.74, 6) is -1.15. The van der Waals surface area contributed by atoms with Crippen LogP contribution in [0.3, 0.4) is 0 Å². The summed E-state index contributed by atoms with van der Waals surface area (Å²) in [6.45, 7) is 0. The predicted octanol–water partition coefficient (Wildman–Crippen LogP) is 4.84. The highest BCUT2D eigenvalue weighted by molar-refractivity contribution is 9.10. The number of alkyl halides is 3. The van der Waals surface area contributed by atoms with Gasteiger partial charge in [-0.2, -0.15) is 13.2 Å². The smallest absolute Gasteiger partial charge is 0.289 e. The summed E-state index contributed by atoms with van der Waals surface area (Å²) in [7, 11) is 0. The van der Waals surface area contributed by atoms with E-state index in [-0.39, 0.29) is 15.6 Å². The van der Waals surface area contributed by atoms with E-state index in [1.807, 2.05) is 0 Å². The molecule has 20 heavy (non-hydrogen) atoms. The van der Waals surface area contributed by atoms with Crippen LogP contribution in [-0.2, 0) is 6.18 Å². The lowest BCUT2D eigenvalue weighted by Gasteiger charge is -2.07. The van der Waals surface area contributed by atoms with E-state index < -0.39 is 23.3 Å². The van der Waals surface area contributed by atoms with E-state index in [4.69, 9.17) is 0 Å². The summed E-state index contributed by atoms with van der Waals surface area (Å²) < 4.78 is 50.7. The van der Waals surface area contributed by atoms with Crippen molar-refractivity contribution in [3.05, 3.63) is 69.4 Å². The number of carbonyl (C=O) groups excluding carboxylic acids is 1. The Morgan fingerprint density at radius 1 is 0.950 bits per heavy atom. The standard InChI is InChI=1S/C14H7BrF4O/c15-11-6-3-9(7-12(11)16)13(20)8-1-4-10(5-2-8)14(17,18)19/h1-7H. The van der Waals surface area contributed by atoms with Crippen molar-refractivity contribution in [1.82, 2.24) is 0 Å². The minimum Gasteiger partial charge on any atom is -0.289 e. The predicted molar refractivity (Wildman–Crippen MR) is 69.0 cm³/mol. The fraction of sp³-hybridized carbons (Fsp3) is 0.0714. The molecule has 0 fully saturated rings. The lowest BCUT2D eigenvalue weighted by Crippen LogP contribution is -2.06. The van der Waals surface area contributed by atoms with Crippen LogP contribution in [0.25, 0.3) is 0 Å². The first-order chi connectivity index (χ1) is 9.29. The average molecular weight is 347 g/mol. The quantitative estimate of drug-likeness (QED) is 0.561. The molecule has 0 spiro atoms. The number of rotatable bonds is 2. The molecule has 0 aromatic heterocycles. The molecule has 1 nitrogen and oxygen atoms in total. The Hall–Kier alpha value is -1.69. The zero-order valence-electron chi connectivity index (χ0n) is 9.84. The minimum atomic E-state index is -4.45. The van der Waals surface area contributed by atoms with E-state index in [0.29, 0.717) is 0 Å². The van der Waals surface area contributed by atoms with Crippen molar-refractivity contribution in [3.63, 3.8) is 0 Å². The highest BCUT2D eigenvalue weighted by atomic mass is 79.9. The lowest BCUT2D eigenvalue weighted by molar-refractivity contribution is -0.137. The van der Waals surface area contributed by atoms with Gasteiger partial charge in [0.15, 0.2) is 5.78 Å². The third-order valence-electron chi connectivity index (χ3n) is 2.66. The summed E-state index contributed by atoms with van der Waals surface area (Å²) >= 11 is 2.95. The van der Waals surface area contributed by atoms with Crippen LogP contribution >= 0.6 is 15.9 Å². The molecule has 0 aliphatic rings. The molecule has 2 rings (SSSR count). The number of hydrogen-bond acceptors (Lipinski definition) is 1. The molecule has 2 aromatic rings. The van der Waals surface area contributed by atoms with Crippen LogP contribution in [-0.4, -0.2) is 5.78 Å². The molecule has 0 bridgehead atoms. The number of hydrogen-bond donors (Lipinski definition) is 0. The highest BCUT2D eigenvalue weighted by Crippen LogP contribution is 2.29. The molecule has 0 saturated carbocycles. The first-order valence-corrected chi connectivity index (χ1v) is 6.25. The Kier molecular flexibility index (Phi) is 3.94. The molecule has 0 heterocycles. The number of halogens is 5. The summed E-state index contributed by atoms with van der Waals surface area (Å²) in [5.41, 5.74) is -0.693. The van der Waals surface area contributed by atoms with E-state index >= 15 is 0 Å². The van der Waals surface area contributed by atoms with Crippen LogP contribution < -0.4 is 0 Å². The largest absolute Gasteiger partial charge is 0.416 e. The Morgan fingerprint density at radius 3 is 2.00 bits per heavy atom. The molecular weight excluding hydrogens is 340 g/mol. The van der Waals surface area contributed by atoms with E-state index in [2.05, 4.69) is 15.9 Å². The monoisotopic (exact) mass is 346 g/mol. The number of ketones is 1. The Balaban J connectivity index is 2.31. The van der Waals surface area contributed by atoms with Crippen molar-refractivity contribution in [2.75, 3.05) is 0 Å². The van der Waals surface area contributed by atoms with E-state index in [1.54, 1.807) is 0 Å². The van der Waals surface area contributed by atoms with Crippen LogP contribution in [0, 0.1) is 5.82 Å². The molecule has 0 radical (unpaired) electrons. The maximum Gasteiger partial charge on any atom is 0.416 e. The molecule has 2 aromatic carbocycles. The molecule has 104 valence electrons. The highest BCUT2D eigenvalue weighted by Gasteiger charge is 2.30. The van der Waals surface area contributed by atoms with Crippen molar-refractivity contribution in [2.45, 2.75) is 6.18 Å². The molecule has 0 N–H and O–H groups in total. The molecule has 0 amide bonds. The van der Waals surface area contributed by atoms with Crippen LogP contribution in [0.5, 0.6) is 0 Å². The van der Waals surface area contributed by atoms with Crippen molar-refractivity contribution >= 4 is 21.7 Å². The lowest BCUT2D eigenvalue weighted by atomic mass is 10.0. The van der Waals surface area contributed by atoms with Crippen molar-refractivity contribution in [2.24, 2.45) is 0 Å². The second-order valence-electron chi connectivity index (χ2n) is 4.03. The minimum absolute atomic E-state index is 0.0692. The van der Waals surface area contributed by atoms with Crippen LogP contribution in [0.1, 0.15) is 21.5 Å². The third kappa shape index (κ3) is 3.07. The van der Waals surface area contributed by atoms with Gasteiger partial charge in [-0.05, 0) is 46.3 Å². The SMILES string of the molecule is O=C(c1ccc(C(F)(F)F)cc1)c1ccc(Br)c(F)c1. The Labute approximate surface area is 120 Å². The van der Waals surface area contributed by atoms with Gasteiger partial charge < -0.3 is 0 Å². The third-order valence-corrected chi connectivity index (χ3v) is 3.30. The first kappa shape index (κ1) is 14.7. The van der Waals surface area contributed by atoms with E-state index in [1.165, 1.54) is 12.1 Å². The maximum absolute atomic E-state index is 13.3. The molecule has 0 unspecified atom stereocenters. The Bertz CT molecular complexity index is 647. The molecule has 0 aliphatic heterocycles. The first-order valence-electron chi connectivity index (χ1n) is 5.46. The number of benzene rings is 2. The summed E-state index contributed by atoms with van der Waals surface area (Å²) in [6, 6.07) is 7.59. The fourth-order valence-electron chi connectivity index (χ4n) is 1.61. The van der Waals surface area contributed by atoms with Crippen molar-refractivity contribution in [3.8, 4) is 0 Å². The molecule has 0 saturated heterocycles. The van der Waals surface area contributed by atoms with Crippen molar-refractivity contribution in [1.29, 1.82) is 0 Å². The van der Waals surface area contributed by atoms with Crippen molar-refractivity contribution < 1.29 is 22.4 Å². The Morgan fingerprint density at radius 2 is 1.50 bits per heavy atom. The normalized spacial score (nSPS) is 11.4. The van der Waals surface area contributed by atoms with Crippen LogP contribution in [0.4, 0.5) is 17.6 Å².